The Balaban J connectivity index is 1.24. The second kappa shape index (κ2) is 31.0. The van der Waals surface area contributed by atoms with Gasteiger partial charge in [-0.1, -0.05) is 67.9 Å². The van der Waals surface area contributed by atoms with E-state index in [4.69, 9.17) is 29.2 Å². The summed E-state index contributed by atoms with van der Waals surface area (Å²) in [4.78, 5) is 36.3. The van der Waals surface area contributed by atoms with E-state index in [0.717, 1.165) is 29.5 Å². The molecular formula is C42H64N6O10S. The molecule has 1 saturated heterocycles. The predicted octanol–water partition coefficient (Wildman–Crippen LogP) is 3.31. The molecule has 2 aromatic carbocycles. The number of benzene rings is 2. The van der Waals surface area contributed by atoms with Crippen LogP contribution < -0.4 is 21.3 Å². The van der Waals surface area contributed by atoms with Crippen molar-refractivity contribution in [2.45, 2.75) is 75.6 Å². The predicted molar refractivity (Wildman–Crippen MR) is 226 cm³/mol. The van der Waals surface area contributed by atoms with Crippen LogP contribution in [0.2, 0.25) is 0 Å². The Morgan fingerprint density at radius 2 is 1.56 bits per heavy atom. The SMILES string of the molecule is CCCCNC(=O)CCOCCOCCN/C=C(/COCCOCCS[C@H]1CC[C@@H](NC(=O)CO)[C@H]([C@H](O)CCNC(=O)Cc2ccc(-c3ccccc3)cc2)O1)N=N. The van der Waals surface area contributed by atoms with Gasteiger partial charge in [-0.15, -0.1) is 11.8 Å². The lowest BCUT2D eigenvalue weighted by molar-refractivity contribution is -0.131. The fourth-order valence-electron chi connectivity index (χ4n) is 5.97. The lowest BCUT2D eigenvalue weighted by atomic mass is 9.96. The van der Waals surface area contributed by atoms with Crippen molar-refractivity contribution < 1.29 is 48.3 Å². The molecule has 3 rings (SSSR count). The third-order valence-electron chi connectivity index (χ3n) is 9.13. The molecule has 1 fully saturated rings. The molecule has 1 aliphatic rings. The smallest absolute Gasteiger partial charge is 0.246 e. The van der Waals surface area contributed by atoms with Crippen LogP contribution in [-0.4, -0.2) is 136 Å². The number of nitrogens with zero attached hydrogens (tertiary/aromatic N) is 1. The number of rotatable bonds is 32. The Morgan fingerprint density at radius 1 is 0.864 bits per heavy atom. The lowest BCUT2D eigenvalue weighted by Crippen LogP contribution is -2.54. The minimum atomic E-state index is -0.961. The zero-order valence-corrected chi connectivity index (χ0v) is 35.1. The normalized spacial score (nSPS) is 17.2. The molecule has 328 valence electrons. The maximum Gasteiger partial charge on any atom is 0.246 e. The van der Waals surface area contributed by atoms with Crippen LogP contribution in [0, 0.1) is 5.53 Å². The van der Waals surface area contributed by atoms with Gasteiger partial charge in [0.25, 0.3) is 0 Å². The van der Waals surface area contributed by atoms with E-state index in [1.165, 1.54) is 0 Å². The third kappa shape index (κ3) is 21.8. The number of hydrogen-bond acceptors (Lipinski definition) is 14. The molecule has 0 bridgehead atoms. The van der Waals surface area contributed by atoms with Crippen molar-refractivity contribution in [3.63, 3.8) is 0 Å². The largest absolute Gasteiger partial charge is 0.390 e. The molecule has 0 saturated carbocycles. The number of carbonyl (C=O) groups is 3. The zero-order valence-electron chi connectivity index (χ0n) is 34.2. The molecule has 2 aromatic rings. The van der Waals surface area contributed by atoms with E-state index >= 15 is 0 Å². The van der Waals surface area contributed by atoms with Gasteiger partial charge in [0.05, 0.1) is 71.4 Å². The highest BCUT2D eigenvalue weighted by Gasteiger charge is 2.37. The van der Waals surface area contributed by atoms with Gasteiger partial charge in [-0.05, 0) is 42.4 Å². The van der Waals surface area contributed by atoms with Gasteiger partial charge < -0.3 is 55.2 Å². The maximum absolute atomic E-state index is 12.7. The first-order valence-electron chi connectivity index (χ1n) is 20.5. The van der Waals surface area contributed by atoms with Gasteiger partial charge >= 0.3 is 0 Å². The standard InChI is InChI=1S/C42H64N6O10S/c1-2-3-17-45-38(51)16-20-54-22-23-55-21-19-44-29-35(48-43)31-57-25-24-56-26-27-59-41-14-13-36(47-40(53)30-49)42(58-41)37(50)15-18-46-39(52)28-32-9-11-34(12-10-32)33-7-5-4-6-8-33/h4-12,29,36-37,41-44,49-50H,2-3,13-28,30-31H2,1H3,(H,45,51)(H,46,52)(H,47,53)/b35-29-,48-43?/t36-,37-,41+,42-/m1/s1. The Kier molecular flexibility index (Phi) is 26.0. The third-order valence-corrected chi connectivity index (χ3v) is 10.3. The summed E-state index contributed by atoms with van der Waals surface area (Å²) >= 11 is 1.55. The number of unbranched alkanes of at least 4 members (excludes halogenated alkanes) is 1. The van der Waals surface area contributed by atoms with Gasteiger partial charge in [-0.2, -0.15) is 5.11 Å². The molecule has 4 atom stereocenters. The van der Waals surface area contributed by atoms with Gasteiger partial charge in [0.2, 0.25) is 17.7 Å². The van der Waals surface area contributed by atoms with Crippen LogP contribution in [0.3, 0.4) is 0 Å². The average molecular weight is 845 g/mol. The minimum absolute atomic E-state index is 0.00414. The van der Waals surface area contributed by atoms with Gasteiger partial charge in [-0.25, -0.2) is 5.53 Å². The van der Waals surface area contributed by atoms with Crippen LogP contribution in [-0.2, 0) is 44.5 Å². The highest BCUT2D eigenvalue weighted by molar-refractivity contribution is 7.99. The fourth-order valence-corrected chi connectivity index (χ4v) is 6.95. The van der Waals surface area contributed by atoms with Crippen molar-refractivity contribution in [1.82, 2.24) is 21.3 Å². The van der Waals surface area contributed by atoms with Gasteiger partial charge in [0, 0.05) is 38.0 Å². The van der Waals surface area contributed by atoms with E-state index in [9.17, 15) is 24.6 Å². The second-order valence-corrected chi connectivity index (χ2v) is 15.1. The molecule has 59 heavy (non-hydrogen) atoms. The summed E-state index contributed by atoms with van der Waals surface area (Å²) in [6.07, 6.45) is 3.91. The molecule has 7 N–H and O–H groups in total. The average Bonchev–Trinajstić information content (AvgIpc) is 3.25. The highest BCUT2D eigenvalue weighted by atomic mass is 32.2. The van der Waals surface area contributed by atoms with Crippen molar-refractivity contribution in [3.05, 3.63) is 72.1 Å². The Labute approximate surface area is 352 Å². The number of hydrogen-bond donors (Lipinski definition) is 7. The lowest BCUT2D eigenvalue weighted by Gasteiger charge is -2.39. The Morgan fingerprint density at radius 3 is 2.29 bits per heavy atom. The van der Waals surface area contributed by atoms with Crippen LogP contribution in [0.5, 0.6) is 0 Å². The summed E-state index contributed by atoms with van der Waals surface area (Å²) in [5, 5.41) is 35.4. The van der Waals surface area contributed by atoms with E-state index in [2.05, 4.69) is 33.3 Å². The quantitative estimate of drug-likeness (QED) is 0.0417. The number of nitrogens with one attached hydrogen (secondary N) is 5. The fraction of sp³-hybridized carbons (Fsp3) is 0.595. The molecule has 1 heterocycles. The summed E-state index contributed by atoms with van der Waals surface area (Å²) in [6.45, 7) is 5.75. The topological polar surface area (TPSA) is 222 Å². The Bertz CT molecular complexity index is 1510. The molecule has 17 heteroatoms. The number of amides is 3. The summed E-state index contributed by atoms with van der Waals surface area (Å²) in [5.41, 5.74) is 10.6. The summed E-state index contributed by atoms with van der Waals surface area (Å²) < 4.78 is 28.5. The van der Waals surface area contributed by atoms with Crippen LogP contribution in [0.25, 0.3) is 11.1 Å². The Hall–Kier alpha value is -3.94. The van der Waals surface area contributed by atoms with Crippen LogP contribution in [0.4, 0.5) is 0 Å². The first-order valence-corrected chi connectivity index (χ1v) is 21.5. The van der Waals surface area contributed by atoms with E-state index in [1.54, 1.807) is 18.0 Å². The number of ether oxygens (including phenoxy) is 5. The summed E-state index contributed by atoms with van der Waals surface area (Å²) in [5.74, 6) is -0.0754. The van der Waals surface area contributed by atoms with Crippen molar-refractivity contribution in [3.8, 4) is 11.1 Å². The second-order valence-electron chi connectivity index (χ2n) is 13.8. The molecule has 0 aromatic heterocycles. The minimum Gasteiger partial charge on any atom is -0.390 e. The molecule has 3 amide bonds. The molecule has 0 unspecified atom stereocenters. The molecule has 0 spiro atoms. The summed E-state index contributed by atoms with van der Waals surface area (Å²) in [7, 11) is 0. The van der Waals surface area contributed by atoms with E-state index in [1.807, 2.05) is 54.6 Å². The van der Waals surface area contributed by atoms with Gasteiger partial charge in [-0.3, -0.25) is 14.4 Å². The van der Waals surface area contributed by atoms with E-state index < -0.39 is 30.8 Å². The number of aliphatic hydroxyl groups excluding tert-OH is 2. The van der Waals surface area contributed by atoms with Crippen molar-refractivity contribution in [2.75, 3.05) is 84.8 Å². The highest BCUT2D eigenvalue weighted by Crippen LogP contribution is 2.30. The maximum atomic E-state index is 12.7. The first-order chi connectivity index (χ1) is 28.8. The number of thioether (sulfide) groups is 1. The number of carbonyl (C=O) groups excluding carboxylic acids is 3. The van der Waals surface area contributed by atoms with Crippen LogP contribution >= 0.6 is 11.8 Å². The molecule has 0 aliphatic carbocycles. The van der Waals surface area contributed by atoms with Gasteiger partial charge in [0.1, 0.15) is 23.8 Å². The molecule has 0 radical (unpaired) electrons. The van der Waals surface area contributed by atoms with E-state index in [-0.39, 0.29) is 43.2 Å². The monoisotopic (exact) mass is 844 g/mol. The first kappa shape index (κ1) is 49.4. The molecule has 16 nitrogen and oxygen atoms in total. The zero-order chi connectivity index (χ0) is 42.3. The van der Waals surface area contributed by atoms with Gasteiger partial charge in [0.15, 0.2) is 0 Å². The molecule has 1 aliphatic heterocycles. The molecular weight excluding hydrogens is 781 g/mol. The van der Waals surface area contributed by atoms with Crippen molar-refractivity contribution in [2.24, 2.45) is 5.11 Å². The van der Waals surface area contributed by atoms with Crippen LogP contribution in [0.1, 0.15) is 51.0 Å². The van der Waals surface area contributed by atoms with E-state index in [0.29, 0.717) is 90.1 Å². The van der Waals surface area contributed by atoms with Crippen LogP contribution in [0.15, 0.2) is 71.6 Å². The number of aliphatic hydroxyl groups is 2. The summed E-state index contributed by atoms with van der Waals surface area (Å²) in [6, 6.07) is 17.4. The van der Waals surface area contributed by atoms with Crippen molar-refractivity contribution >= 4 is 29.5 Å². The van der Waals surface area contributed by atoms with Crippen molar-refractivity contribution in [1.29, 1.82) is 5.53 Å².